The SMILES string of the molecule is O=C(CC(C(F)(F)F)C(F)(F)F)N1CC[C@H](F)C1. The monoisotopic (exact) mass is 281 g/mol. The molecule has 1 amide bonds. The van der Waals surface area contributed by atoms with Crippen molar-refractivity contribution in [2.24, 2.45) is 5.92 Å². The zero-order valence-electron chi connectivity index (χ0n) is 8.98. The number of hydrogen-bond acceptors (Lipinski definition) is 1. The summed E-state index contributed by atoms with van der Waals surface area (Å²) in [6.07, 6.45) is -14.2. The van der Waals surface area contributed by atoms with Gasteiger partial charge in [-0.3, -0.25) is 4.79 Å². The third-order valence-corrected chi connectivity index (χ3v) is 2.65. The van der Waals surface area contributed by atoms with Gasteiger partial charge in [0, 0.05) is 13.0 Å². The molecule has 1 saturated heterocycles. The van der Waals surface area contributed by atoms with Gasteiger partial charge in [-0.25, -0.2) is 4.39 Å². The fourth-order valence-electron chi connectivity index (χ4n) is 1.66. The van der Waals surface area contributed by atoms with E-state index in [0.717, 1.165) is 0 Å². The van der Waals surface area contributed by atoms with Crippen molar-refractivity contribution in [1.82, 2.24) is 4.90 Å². The molecule has 0 spiro atoms. The number of nitrogens with zero attached hydrogens (tertiary/aromatic N) is 1. The summed E-state index contributed by atoms with van der Waals surface area (Å²) in [7, 11) is 0. The van der Waals surface area contributed by atoms with Crippen LogP contribution in [0.3, 0.4) is 0 Å². The maximum Gasteiger partial charge on any atom is 0.400 e. The molecule has 1 fully saturated rings. The third kappa shape index (κ3) is 3.74. The number of likely N-dealkylation sites (tertiary alicyclic amines) is 1. The normalized spacial score (nSPS) is 21.8. The van der Waals surface area contributed by atoms with Crippen molar-refractivity contribution >= 4 is 5.91 Å². The summed E-state index contributed by atoms with van der Waals surface area (Å²) in [5, 5.41) is 0. The molecule has 18 heavy (non-hydrogen) atoms. The number of hydrogen-bond donors (Lipinski definition) is 0. The van der Waals surface area contributed by atoms with Gasteiger partial charge >= 0.3 is 12.4 Å². The maximum absolute atomic E-state index is 12.7. The lowest BCUT2D eigenvalue weighted by Crippen LogP contribution is -2.41. The van der Waals surface area contributed by atoms with Crippen molar-refractivity contribution in [2.75, 3.05) is 13.1 Å². The molecule has 0 aromatic rings. The van der Waals surface area contributed by atoms with E-state index in [0.29, 0.717) is 4.90 Å². The predicted molar refractivity (Wildman–Crippen MR) is 46.3 cm³/mol. The van der Waals surface area contributed by atoms with E-state index in [1.807, 2.05) is 0 Å². The Labute approximate surface area is 97.7 Å². The van der Waals surface area contributed by atoms with Crippen LogP contribution in [0.2, 0.25) is 0 Å². The molecule has 1 aliphatic heterocycles. The molecule has 0 unspecified atom stereocenters. The second-order valence-electron chi connectivity index (χ2n) is 4.07. The Hall–Kier alpha value is -1.02. The van der Waals surface area contributed by atoms with Crippen LogP contribution < -0.4 is 0 Å². The van der Waals surface area contributed by atoms with Gasteiger partial charge < -0.3 is 4.90 Å². The van der Waals surface area contributed by atoms with Gasteiger partial charge in [-0.1, -0.05) is 0 Å². The fourth-order valence-corrected chi connectivity index (χ4v) is 1.66. The first-order valence-electron chi connectivity index (χ1n) is 5.07. The van der Waals surface area contributed by atoms with E-state index in [-0.39, 0.29) is 13.0 Å². The lowest BCUT2D eigenvalue weighted by atomic mass is 10.0. The van der Waals surface area contributed by atoms with E-state index in [1.54, 1.807) is 0 Å². The van der Waals surface area contributed by atoms with Crippen LogP contribution in [0.15, 0.2) is 0 Å². The molecular weight excluding hydrogens is 271 g/mol. The highest BCUT2D eigenvalue weighted by molar-refractivity contribution is 5.77. The first-order chi connectivity index (χ1) is 8.01. The Balaban J connectivity index is 2.70. The van der Waals surface area contributed by atoms with E-state index in [4.69, 9.17) is 0 Å². The average Bonchev–Trinajstić information content (AvgIpc) is 2.57. The Kier molecular flexibility index (Phi) is 4.12. The van der Waals surface area contributed by atoms with Gasteiger partial charge in [0.15, 0.2) is 5.92 Å². The molecule has 106 valence electrons. The standard InChI is InChI=1S/C9H10F7NO/c10-5-1-2-17(4-5)7(18)3-6(8(11,12)13)9(14,15)16/h5-6H,1-4H2/t5-/m0/s1. The minimum Gasteiger partial charge on any atom is -0.340 e. The molecule has 0 aromatic heterocycles. The summed E-state index contributed by atoms with van der Waals surface area (Å²) < 4.78 is 85.8. The van der Waals surface area contributed by atoms with E-state index in [2.05, 4.69) is 0 Å². The van der Waals surface area contributed by atoms with Gasteiger partial charge in [0.05, 0.1) is 6.54 Å². The minimum absolute atomic E-state index is 0.0611. The fraction of sp³-hybridized carbons (Fsp3) is 0.889. The van der Waals surface area contributed by atoms with Crippen molar-refractivity contribution in [3.63, 3.8) is 0 Å². The van der Waals surface area contributed by atoms with Crippen LogP contribution in [-0.2, 0) is 4.79 Å². The predicted octanol–water partition coefficient (Wildman–Crippen LogP) is 2.69. The largest absolute Gasteiger partial charge is 0.400 e. The lowest BCUT2D eigenvalue weighted by molar-refractivity contribution is -0.284. The first kappa shape index (κ1) is 15.0. The molecule has 0 saturated carbocycles. The highest BCUT2D eigenvalue weighted by Gasteiger charge is 2.57. The zero-order chi connectivity index (χ0) is 14.1. The molecule has 0 radical (unpaired) electrons. The van der Waals surface area contributed by atoms with Gasteiger partial charge in [-0.05, 0) is 6.42 Å². The van der Waals surface area contributed by atoms with Crippen LogP contribution in [-0.4, -0.2) is 42.4 Å². The number of carbonyl (C=O) groups excluding carboxylic acids is 1. The number of amides is 1. The molecule has 1 atom stereocenters. The number of alkyl halides is 7. The van der Waals surface area contributed by atoms with Crippen molar-refractivity contribution in [2.45, 2.75) is 31.4 Å². The second-order valence-corrected chi connectivity index (χ2v) is 4.07. The molecule has 0 aromatic carbocycles. The second kappa shape index (κ2) is 4.93. The molecule has 1 aliphatic rings. The van der Waals surface area contributed by atoms with E-state index in [9.17, 15) is 35.5 Å². The summed E-state index contributed by atoms with van der Waals surface area (Å²) in [6, 6.07) is 0. The van der Waals surface area contributed by atoms with Crippen LogP contribution in [0.1, 0.15) is 12.8 Å². The number of carbonyl (C=O) groups is 1. The summed E-state index contributed by atoms with van der Waals surface area (Å²) in [6.45, 7) is -0.594. The van der Waals surface area contributed by atoms with Crippen LogP contribution in [0.5, 0.6) is 0 Å². The third-order valence-electron chi connectivity index (χ3n) is 2.65. The Morgan fingerprint density at radius 2 is 1.67 bits per heavy atom. The van der Waals surface area contributed by atoms with Crippen molar-refractivity contribution < 1.29 is 35.5 Å². The molecule has 0 aliphatic carbocycles. The molecule has 0 bridgehead atoms. The lowest BCUT2D eigenvalue weighted by Gasteiger charge is -2.24. The minimum atomic E-state index is -5.54. The number of halogens is 7. The molecular formula is C9H10F7NO. The van der Waals surface area contributed by atoms with Crippen LogP contribution in [0.25, 0.3) is 0 Å². The maximum atomic E-state index is 12.7. The van der Waals surface area contributed by atoms with Crippen LogP contribution >= 0.6 is 0 Å². The summed E-state index contributed by atoms with van der Waals surface area (Å²) in [5.41, 5.74) is 0. The quantitative estimate of drug-likeness (QED) is 0.713. The molecule has 1 heterocycles. The van der Waals surface area contributed by atoms with Gasteiger partial charge in [-0.2, -0.15) is 26.3 Å². The van der Waals surface area contributed by atoms with Crippen molar-refractivity contribution in [1.29, 1.82) is 0 Å². The van der Waals surface area contributed by atoms with Gasteiger partial charge in [-0.15, -0.1) is 0 Å². The first-order valence-corrected chi connectivity index (χ1v) is 5.07. The molecule has 1 rings (SSSR count). The van der Waals surface area contributed by atoms with Crippen molar-refractivity contribution in [3.05, 3.63) is 0 Å². The Morgan fingerprint density at radius 1 is 1.17 bits per heavy atom. The summed E-state index contributed by atoms with van der Waals surface area (Å²) in [4.78, 5) is 11.9. The molecule has 0 N–H and O–H groups in total. The van der Waals surface area contributed by atoms with E-state index in [1.165, 1.54) is 0 Å². The van der Waals surface area contributed by atoms with E-state index >= 15 is 0 Å². The highest BCUT2D eigenvalue weighted by atomic mass is 19.4. The highest BCUT2D eigenvalue weighted by Crippen LogP contribution is 2.41. The van der Waals surface area contributed by atoms with Crippen LogP contribution in [0, 0.1) is 5.92 Å². The smallest absolute Gasteiger partial charge is 0.340 e. The van der Waals surface area contributed by atoms with Gasteiger partial charge in [0.25, 0.3) is 0 Å². The summed E-state index contributed by atoms with van der Waals surface area (Å²) >= 11 is 0. The molecule has 9 heteroatoms. The summed E-state index contributed by atoms with van der Waals surface area (Å²) in [5.74, 6) is -5.02. The van der Waals surface area contributed by atoms with Crippen LogP contribution in [0.4, 0.5) is 30.7 Å². The zero-order valence-corrected chi connectivity index (χ0v) is 8.98. The van der Waals surface area contributed by atoms with Gasteiger partial charge in [0.1, 0.15) is 6.17 Å². The van der Waals surface area contributed by atoms with Gasteiger partial charge in [0.2, 0.25) is 5.91 Å². The molecule has 2 nitrogen and oxygen atoms in total. The van der Waals surface area contributed by atoms with E-state index < -0.39 is 43.3 Å². The topological polar surface area (TPSA) is 20.3 Å². The Bertz CT molecular complexity index is 297. The average molecular weight is 281 g/mol. The Morgan fingerprint density at radius 3 is 2.00 bits per heavy atom. The number of rotatable bonds is 2. The van der Waals surface area contributed by atoms with Crippen molar-refractivity contribution in [3.8, 4) is 0 Å².